The van der Waals surface area contributed by atoms with Crippen LogP contribution in [0.5, 0.6) is 11.8 Å². The summed E-state index contributed by atoms with van der Waals surface area (Å²) >= 11 is 0. The van der Waals surface area contributed by atoms with Gasteiger partial charge in [-0.15, -0.1) is 0 Å². The molecule has 0 saturated heterocycles. The van der Waals surface area contributed by atoms with Crippen LogP contribution < -0.4 is 14.4 Å². The molecule has 0 aromatic carbocycles. The van der Waals surface area contributed by atoms with Gasteiger partial charge in [0.25, 0.3) is 17.7 Å². The maximum absolute atomic E-state index is 13.1. The van der Waals surface area contributed by atoms with Crippen molar-refractivity contribution in [1.29, 1.82) is 0 Å². The number of pyridine rings is 1. The van der Waals surface area contributed by atoms with E-state index in [1.807, 2.05) is 0 Å². The maximum Gasteiger partial charge on any atom is 0.408 e. The van der Waals surface area contributed by atoms with E-state index in [4.69, 9.17) is 9.47 Å². The number of carbonyl (C=O) groups is 1. The standard InChI is InChI=1S/C20H19F3N6O3/c1-10-5-13(14-7-24-17(31-3)18(27-14)32-4)26-16-11(2)29(19(30)15(10)16)12-6-25-28(8-12)9-20(21,22)23/h5-8,11H,9H2,1-4H3. The van der Waals surface area contributed by atoms with E-state index >= 15 is 0 Å². The number of anilines is 1. The molecule has 9 nitrogen and oxygen atoms in total. The molecule has 4 rings (SSSR count). The zero-order valence-electron chi connectivity index (χ0n) is 17.6. The molecule has 1 aliphatic heterocycles. The van der Waals surface area contributed by atoms with Gasteiger partial charge < -0.3 is 9.47 Å². The Kier molecular flexibility index (Phi) is 5.23. The topological polar surface area (TPSA) is 95.3 Å². The Labute approximate surface area is 180 Å². The lowest BCUT2D eigenvalue weighted by Gasteiger charge is -2.19. The van der Waals surface area contributed by atoms with E-state index in [2.05, 4.69) is 20.1 Å². The highest BCUT2D eigenvalue weighted by atomic mass is 19.4. The zero-order chi connectivity index (χ0) is 23.2. The normalized spacial score (nSPS) is 15.8. The fourth-order valence-electron chi connectivity index (χ4n) is 3.67. The minimum atomic E-state index is -4.42. The average molecular weight is 448 g/mol. The van der Waals surface area contributed by atoms with E-state index in [1.165, 1.54) is 37.7 Å². The number of methoxy groups -OCH3 is 2. The van der Waals surface area contributed by atoms with E-state index in [-0.39, 0.29) is 23.4 Å². The lowest BCUT2D eigenvalue weighted by molar-refractivity contribution is -0.142. The number of carbonyl (C=O) groups excluding carboxylic acids is 1. The predicted molar refractivity (Wildman–Crippen MR) is 107 cm³/mol. The van der Waals surface area contributed by atoms with Crippen LogP contribution in [0.25, 0.3) is 11.4 Å². The third kappa shape index (κ3) is 3.72. The number of fused-ring (bicyclic) bond motifs is 1. The van der Waals surface area contributed by atoms with E-state index in [0.29, 0.717) is 28.2 Å². The first-order valence-corrected chi connectivity index (χ1v) is 9.52. The van der Waals surface area contributed by atoms with Gasteiger partial charge in [0.2, 0.25) is 0 Å². The molecule has 0 radical (unpaired) electrons. The van der Waals surface area contributed by atoms with Crippen molar-refractivity contribution in [2.75, 3.05) is 19.1 Å². The molecule has 0 N–H and O–H groups in total. The Hall–Kier alpha value is -3.70. The second kappa shape index (κ2) is 7.77. The first-order valence-electron chi connectivity index (χ1n) is 9.52. The summed E-state index contributed by atoms with van der Waals surface area (Å²) in [6.45, 7) is 2.27. The highest BCUT2D eigenvalue weighted by Gasteiger charge is 2.39. The van der Waals surface area contributed by atoms with Gasteiger partial charge in [0.1, 0.15) is 12.2 Å². The minimum absolute atomic E-state index is 0.188. The molecule has 3 aromatic heterocycles. The van der Waals surface area contributed by atoms with Gasteiger partial charge in [-0.1, -0.05) is 0 Å². The van der Waals surface area contributed by atoms with Crippen LogP contribution in [0.4, 0.5) is 18.9 Å². The molecule has 1 unspecified atom stereocenters. The van der Waals surface area contributed by atoms with Gasteiger partial charge in [-0.05, 0) is 25.5 Å². The van der Waals surface area contributed by atoms with Crippen molar-refractivity contribution in [3.05, 3.63) is 41.5 Å². The van der Waals surface area contributed by atoms with Crippen molar-refractivity contribution in [3.8, 4) is 23.1 Å². The molecule has 0 bridgehead atoms. The van der Waals surface area contributed by atoms with E-state index in [0.717, 1.165) is 4.68 Å². The molecule has 1 amide bonds. The lowest BCUT2D eigenvalue weighted by Crippen LogP contribution is -2.26. The van der Waals surface area contributed by atoms with Crippen molar-refractivity contribution < 1.29 is 27.4 Å². The van der Waals surface area contributed by atoms with Crippen LogP contribution in [-0.4, -0.2) is 51.0 Å². The molecule has 0 fully saturated rings. The van der Waals surface area contributed by atoms with Crippen molar-refractivity contribution in [2.24, 2.45) is 0 Å². The second-order valence-corrected chi connectivity index (χ2v) is 7.22. The number of aromatic nitrogens is 5. The Morgan fingerprint density at radius 2 is 1.81 bits per heavy atom. The van der Waals surface area contributed by atoms with E-state index < -0.39 is 18.8 Å². The quantitative estimate of drug-likeness (QED) is 0.591. The van der Waals surface area contributed by atoms with Crippen LogP contribution in [0.3, 0.4) is 0 Å². The summed E-state index contributed by atoms with van der Waals surface area (Å²) in [5.41, 5.74) is 2.71. The van der Waals surface area contributed by atoms with Gasteiger partial charge in [-0.25, -0.2) is 15.0 Å². The molecular weight excluding hydrogens is 429 g/mol. The molecule has 12 heteroatoms. The zero-order valence-corrected chi connectivity index (χ0v) is 17.6. The van der Waals surface area contributed by atoms with Gasteiger partial charge in [-0.2, -0.15) is 18.3 Å². The number of nitrogens with zero attached hydrogens (tertiary/aromatic N) is 6. The minimum Gasteiger partial charge on any atom is -0.477 e. The van der Waals surface area contributed by atoms with Crippen molar-refractivity contribution in [3.63, 3.8) is 0 Å². The molecular formula is C20H19F3N6O3. The molecule has 4 heterocycles. The van der Waals surface area contributed by atoms with E-state index in [1.54, 1.807) is 19.9 Å². The number of alkyl halides is 3. The summed E-state index contributed by atoms with van der Waals surface area (Å²) in [6, 6.07) is 1.18. The molecule has 0 spiro atoms. The highest BCUT2D eigenvalue weighted by molar-refractivity contribution is 6.11. The summed E-state index contributed by atoms with van der Waals surface area (Å²) < 4.78 is 49.1. The molecule has 0 saturated carbocycles. The summed E-state index contributed by atoms with van der Waals surface area (Å²) in [7, 11) is 2.89. The number of halogens is 3. The van der Waals surface area contributed by atoms with Crippen LogP contribution in [0.2, 0.25) is 0 Å². The summed E-state index contributed by atoms with van der Waals surface area (Å²) in [4.78, 5) is 27.7. The van der Waals surface area contributed by atoms with Crippen LogP contribution in [0.1, 0.15) is 34.6 Å². The second-order valence-electron chi connectivity index (χ2n) is 7.22. The fourth-order valence-corrected chi connectivity index (χ4v) is 3.67. The van der Waals surface area contributed by atoms with Crippen molar-refractivity contribution >= 4 is 11.6 Å². The van der Waals surface area contributed by atoms with Crippen LogP contribution in [0.15, 0.2) is 24.7 Å². The third-order valence-corrected chi connectivity index (χ3v) is 5.06. The smallest absolute Gasteiger partial charge is 0.408 e. The molecule has 3 aromatic rings. The Bertz CT molecular complexity index is 1190. The predicted octanol–water partition coefficient (Wildman–Crippen LogP) is 3.34. The number of hydrogen-bond donors (Lipinski definition) is 0. The lowest BCUT2D eigenvalue weighted by atomic mass is 10.0. The first kappa shape index (κ1) is 21.5. The molecule has 1 aliphatic rings. The highest BCUT2D eigenvalue weighted by Crippen LogP contribution is 2.39. The Morgan fingerprint density at radius 3 is 2.47 bits per heavy atom. The summed E-state index contributed by atoms with van der Waals surface area (Å²) in [6.07, 6.45) is -0.498. The monoisotopic (exact) mass is 448 g/mol. The van der Waals surface area contributed by atoms with Gasteiger partial charge in [0.05, 0.1) is 55.3 Å². The Balaban J connectivity index is 1.71. The van der Waals surface area contributed by atoms with E-state index in [9.17, 15) is 18.0 Å². The van der Waals surface area contributed by atoms with Crippen LogP contribution in [-0.2, 0) is 6.54 Å². The molecule has 1 atom stereocenters. The fraction of sp³-hybridized carbons (Fsp3) is 0.350. The van der Waals surface area contributed by atoms with Gasteiger partial charge in [0, 0.05) is 6.20 Å². The SMILES string of the molecule is COc1ncc(-c2cc(C)c3c(n2)C(C)N(c2cnn(CC(F)(F)F)c2)C3=O)nc1OC. The number of hydrogen-bond acceptors (Lipinski definition) is 7. The summed E-state index contributed by atoms with van der Waals surface area (Å²) in [5, 5.41) is 3.74. The number of aryl methyl sites for hydroxylation is 1. The van der Waals surface area contributed by atoms with Gasteiger partial charge in [0.15, 0.2) is 0 Å². The van der Waals surface area contributed by atoms with Crippen molar-refractivity contribution in [1.82, 2.24) is 24.7 Å². The third-order valence-electron chi connectivity index (χ3n) is 5.06. The molecule has 168 valence electrons. The average Bonchev–Trinajstić information content (AvgIpc) is 3.28. The first-order chi connectivity index (χ1) is 15.1. The van der Waals surface area contributed by atoms with Crippen molar-refractivity contribution in [2.45, 2.75) is 32.6 Å². The maximum atomic E-state index is 13.1. The Morgan fingerprint density at radius 1 is 1.09 bits per heavy atom. The largest absolute Gasteiger partial charge is 0.477 e. The number of rotatable bonds is 5. The van der Waals surface area contributed by atoms with Gasteiger partial charge >= 0.3 is 6.18 Å². The molecule has 32 heavy (non-hydrogen) atoms. The number of ether oxygens (including phenoxy) is 2. The van der Waals surface area contributed by atoms with Crippen LogP contribution >= 0.6 is 0 Å². The summed E-state index contributed by atoms with van der Waals surface area (Å²) in [5.74, 6) is 0.0570. The molecule has 0 aliphatic carbocycles. The number of amides is 1. The van der Waals surface area contributed by atoms with Gasteiger partial charge in [-0.3, -0.25) is 14.4 Å². The van der Waals surface area contributed by atoms with Crippen LogP contribution in [0, 0.1) is 6.92 Å².